The van der Waals surface area contributed by atoms with E-state index in [0.29, 0.717) is 5.92 Å². The van der Waals surface area contributed by atoms with E-state index in [-0.39, 0.29) is 0 Å². The Hall–Kier alpha value is -1.08. The first-order valence-corrected chi connectivity index (χ1v) is 4.55. The van der Waals surface area contributed by atoms with Gasteiger partial charge in [-0.3, -0.25) is 0 Å². The van der Waals surface area contributed by atoms with Gasteiger partial charge < -0.3 is 4.74 Å². The van der Waals surface area contributed by atoms with E-state index in [4.69, 9.17) is 4.74 Å². The van der Waals surface area contributed by atoms with E-state index in [0.717, 1.165) is 13.0 Å². The fourth-order valence-corrected chi connectivity index (χ4v) is 1.37. The van der Waals surface area contributed by atoms with Crippen molar-refractivity contribution in [3.05, 3.63) is 48.6 Å². The Morgan fingerprint density at radius 1 is 1.38 bits per heavy atom. The maximum atomic E-state index is 5.05. The molecule has 0 amide bonds. The summed E-state index contributed by atoms with van der Waals surface area (Å²) in [7, 11) is 1.73. The Labute approximate surface area is 80.0 Å². The lowest BCUT2D eigenvalue weighted by atomic mass is 9.96. The SMILES string of the molecule is C=CC(CCOC)c1ccccc1. The Kier molecular flexibility index (Phi) is 4.27. The third-order valence-corrected chi connectivity index (χ3v) is 2.15. The molecule has 0 saturated heterocycles. The van der Waals surface area contributed by atoms with Crippen molar-refractivity contribution < 1.29 is 4.74 Å². The molecule has 70 valence electrons. The first-order chi connectivity index (χ1) is 6.38. The van der Waals surface area contributed by atoms with E-state index < -0.39 is 0 Å². The van der Waals surface area contributed by atoms with Crippen molar-refractivity contribution in [2.45, 2.75) is 12.3 Å². The van der Waals surface area contributed by atoms with Crippen molar-refractivity contribution in [3.63, 3.8) is 0 Å². The van der Waals surface area contributed by atoms with Crippen LogP contribution in [0.1, 0.15) is 17.9 Å². The minimum absolute atomic E-state index is 0.418. The molecule has 1 unspecified atom stereocenters. The molecule has 1 atom stereocenters. The van der Waals surface area contributed by atoms with Crippen LogP contribution < -0.4 is 0 Å². The highest BCUT2D eigenvalue weighted by atomic mass is 16.5. The molecule has 1 aromatic rings. The molecule has 0 bridgehead atoms. The highest BCUT2D eigenvalue weighted by Gasteiger charge is 2.05. The van der Waals surface area contributed by atoms with Crippen LogP contribution in [0, 0.1) is 0 Å². The highest BCUT2D eigenvalue weighted by Crippen LogP contribution is 2.19. The van der Waals surface area contributed by atoms with Crippen LogP contribution in [0.3, 0.4) is 0 Å². The van der Waals surface area contributed by atoms with Gasteiger partial charge in [0.25, 0.3) is 0 Å². The Bertz CT molecular complexity index is 241. The van der Waals surface area contributed by atoms with E-state index >= 15 is 0 Å². The molecular formula is C12H16O. The largest absolute Gasteiger partial charge is 0.385 e. The molecule has 1 aromatic carbocycles. The standard InChI is InChI=1S/C12H16O/c1-3-11(9-10-13-2)12-7-5-4-6-8-12/h3-8,11H,1,9-10H2,2H3. The Morgan fingerprint density at radius 2 is 2.08 bits per heavy atom. The summed E-state index contributed by atoms with van der Waals surface area (Å²) >= 11 is 0. The second kappa shape index (κ2) is 5.55. The summed E-state index contributed by atoms with van der Waals surface area (Å²) in [6.45, 7) is 4.62. The van der Waals surface area contributed by atoms with Gasteiger partial charge in [0.2, 0.25) is 0 Å². The molecule has 0 N–H and O–H groups in total. The molecule has 0 radical (unpaired) electrons. The van der Waals surface area contributed by atoms with Gasteiger partial charge in [0.05, 0.1) is 0 Å². The van der Waals surface area contributed by atoms with E-state index in [9.17, 15) is 0 Å². The van der Waals surface area contributed by atoms with Crippen molar-refractivity contribution >= 4 is 0 Å². The molecule has 0 heterocycles. The minimum atomic E-state index is 0.418. The van der Waals surface area contributed by atoms with Crippen LogP contribution in [0.4, 0.5) is 0 Å². The van der Waals surface area contributed by atoms with Crippen LogP contribution in [0.15, 0.2) is 43.0 Å². The summed E-state index contributed by atoms with van der Waals surface area (Å²) in [6, 6.07) is 10.4. The fraction of sp³-hybridized carbons (Fsp3) is 0.333. The van der Waals surface area contributed by atoms with Gasteiger partial charge in [0.1, 0.15) is 0 Å². The van der Waals surface area contributed by atoms with Gasteiger partial charge in [-0.15, -0.1) is 6.58 Å². The molecule has 0 aliphatic carbocycles. The quantitative estimate of drug-likeness (QED) is 0.627. The zero-order chi connectivity index (χ0) is 9.52. The topological polar surface area (TPSA) is 9.23 Å². The van der Waals surface area contributed by atoms with Gasteiger partial charge in [0.15, 0.2) is 0 Å². The molecule has 0 aliphatic heterocycles. The minimum Gasteiger partial charge on any atom is -0.385 e. The van der Waals surface area contributed by atoms with Crippen molar-refractivity contribution in [2.24, 2.45) is 0 Å². The number of allylic oxidation sites excluding steroid dienone is 1. The summed E-state index contributed by atoms with van der Waals surface area (Å²) in [6.07, 6.45) is 2.98. The van der Waals surface area contributed by atoms with Crippen LogP contribution in [0.2, 0.25) is 0 Å². The zero-order valence-corrected chi connectivity index (χ0v) is 8.07. The monoisotopic (exact) mass is 176 g/mol. The molecule has 0 saturated carbocycles. The van der Waals surface area contributed by atoms with Crippen molar-refractivity contribution in [1.29, 1.82) is 0 Å². The number of hydrogen-bond acceptors (Lipinski definition) is 1. The Balaban J connectivity index is 2.61. The van der Waals surface area contributed by atoms with Gasteiger partial charge in [0, 0.05) is 19.6 Å². The molecule has 13 heavy (non-hydrogen) atoms. The van der Waals surface area contributed by atoms with Crippen LogP contribution in [0.5, 0.6) is 0 Å². The number of rotatable bonds is 5. The smallest absolute Gasteiger partial charge is 0.0471 e. The van der Waals surface area contributed by atoms with Crippen molar-refractivity contribution in [2.75, 3.05) is 13.7 Å². The van der Waals surface area contributed by atoms with Gasteiger partial charge in [-0.25, -0.2) is 0 Å². The highest BCUT2D eigenvalue weighted by molar-refractivity contribution is 5.22. The van der Waals surface area contributed by atoms with E-state index in [1.54, 1.807) is 7.11 Å². The number of hydrogen-bond donors (Lipinski definition) is 0. The molecule has 1 rings (SSSR count). The molecule has 1 heteroatoms. The van der Waals surface area contributed by atoms with Crippen molar-refractivity contribution in [1.82, 2.24) is 0 Å². The Morgan fingerprint density at radius 3 is 2.62 bits per heavy atom. The first kappa shape index (κ1) is 10.0. The third-order valence-electron chi connectivity index (χ3n) is 2.15. The molecule has 0 spiro atoms. The zero-order valence-electron chi connectivity index (χ0n) is 8.07. The first-order valence-electron chi connectivity index (χ1n) is 4.55. The maximum absolute atomic E-state index is 5.05. The molecule has 0 aromatic heterocycles. The summed E-state index contributed by atoms with van der Waals surface area (Å²) in [4.78, 5) is 0. The number of ether oxygens (including phenoxy) is 1. The van der Waals surface area contributed by atoms with Crippen LogP contribution >= 0.6 is 0 Å². The summed E-state index contributed by atoms with van der Waals surface area (Å²) < 4.78 is 5.05. The van der Waals surface area contributed by atoms with E-state index in [1.807, 2.05) is 12.1 Å². The normalized spacial score (nSPS) is 12.4. The summed E-state index contributed by atoms with van der Waals surface area (Å²) in [5.74, 6) is 0.418. The van der Waals surface area contributed by atoms with Crippen LogP contribution in [-0.2, 0) is 4.74 Å². The lowest BCUT2D eigenvalue weighted by Gasteiger charge is -2.11. The van der Waals surface area contributed by atoms with Gasteiger partial charge >= 0.3 is 0 Å². The second-order valence-corrected chi connectivity index (χ2v) is 3.03. The van der Waals surface area contributed by atoms with Gasteiger partial charge in [-0.05, 0) is 12.0 Å². The average molecular weight is 176 g/mol. The predicted molar refractivity (Wildman–Crippen MR) is 55.9 cm³/mol. The van der Waals surface area contributed by atoms with Crippen molar-refractivity contribution in [3.8, 4) is 0 Å². The number of methoxy groups -OCH3 is 1. The van der Waals surface area contributed by atoms with Gasteiger partial charge in [-0.1, -0.05) is 36.4 Å². The molecular weight excluding hydrogens is 160 g/mol. The van der Waals surface area contributed by atoms with Gasteiger partial charge in [-0.2, -0.15) is 0 Å². The predicted octanol–water partition coefficient (Wildman–Crippen LogP) is 2.99. The molecule has 0 aliphatic rings. The maximum Gasteiger partial charge on any atom is 0.0471 e. The summed E-state index contributed by atoms with van der Waals surface area (Å²) in [5, 5.41) is 0. The second-order valence-electron chi connectivity index (χ2n) is 3.03. The fourth-order valence-electron chi connectivity index (χ4n) is 1.37. The molecule has 0 fully saturated rings. The van der Waals surface area contributed by atoms with Crippen LogP contribution in [0.25, 0.3) is 0 Å². The van der Waals surface area contributed by atoms with E-state index in [1.165, 1.54) is 5.56 Å². The van der Waals surface area contributed by atoms with Crippen LogP contribution in [-0.4, -0.2) is 13.7 Å². The average Bonchev–Trinajstić information content (AvgIpc) is 2.21. The molecule has 1 nitrogen and oxygen atoms in total. The number of benzene rings is 1. The van der Waals surface area contributed by atoms with E-state index in [2.05, 4.69) is 30.8 Å². The third kappa shape index (κ3) is 3.03. The summed E-state index contributed by atoms with van der Waals surface area (Å²) in [5.41, 5.74) is 1.31. The lowest BCUT2D eigenvalue weighted by Crippen LogP contribution is -1.99. The lowest BCUT2D eigenvalue weighted by molar-refractivity contribution is 0.191.